The molecule has 0 atom stereocenters. The monoisotopic (exact) mass is 343 g/mol. The second-order valence-corrected chi connectivity index (χ2v) is 7.26. The van der Waals surface area contributed by atoms with E-state index in [4.69, 9.17) is 0 Å². The molecule has 1 fully saturated rings. The van der Waals surface area contributed by atoms with E-state index in [-0.39, 0.29) is 0 Å². The molecule has 2 aromatic heterocycles. The van der Waals surface area contributed by atoms with Crippen molar-refractivity contribution in [1.29, 1.82) is 0 Å². The predicted molar refractivity (Wildman–Crippen MR) is 80.3 cm³/mol. The van der Waals surface area contributed by atoms with E-state index in [9.17, 15) is 0 Å². The molecule has 2 heterocycles. The summed E-state index contributed by atoms with van der Waals surface area (Å²) in [4.78, 5) is 1.19. The van der Waals surface area contributed by atoms with E-state index in [1.54, 1.807) is 22.7 Å². The third kappa shape index (κ3) is 3.17. The number of aryl methyl sites for hydroxylation is 1. The van der Waals surface area contributed by atoms with Crippen LogP contribution in [0.2, 0.25) is 0 Å². The predicted octanol–water partition coefficient (Wildman–Crippen LogP) is 3.71. The largest absolute Gasteiger partial charge is 0.314 e. The van der Waals surface area contributed by atoms with Gasteiger partial charge >= 0.3 is 0 Å². The molecule has 1 N–H and O–H groups in total. The molecule has 3 nitrogen and oxygen atoms in total. The number of aromatic nitrogens is 2. The van der Waals surface area contributed by atoms with Gasteiger partial charge in [0, 0.05) is 16.9 Å². The third-order valence-electron chi connectivity index (χ3n) is 2.86. The van der Waals surface area contributed by atoms with Crippen LogP contribution in [0.15, 0.2) is 15.9 Å². The van der Waals surface area contributed by atoms with Gasteiger partial charge < -0.3 is 5.32 Å². The molecule has 0 aromatic carbocycles. The maximum atomic E-state index is 4.27. The van der Waals surface area contributed by atoms with Crippen LogP contribution in [0.3, 0.4) is 0 Å². The van der Waals surface area contributed by atoms with E-state index in [2.05, 4.69) is 42.9 Å². The molecule has 0 radical (unpaired) electrons. The van der Waals surface area contributed by atoms with Gasteiger partial charge in [-0.05, 0) is 53.2 Å². The lowest BCUT2D eigenvalue weighted by atomic mass is 10.3. The molecule has 0 unspecified atom stereocenters. The smallest absolute Gasteiger partial charge is 0.158 e. The van der Waals surface area contributed by atoms with E-state index in [0.29, 0.717) is 0 Å². The average Bonchev–Trinajstić information content (AvgIpc) is 2.90. The summed E-state index contributed by atoms with van der Waals surface area (Å²) >= 11 is 6.95. The van der Waals surface area contributed by atoms with Crippen molar-refractivity contribution < 1.29 is 0 Å². The van der Waals surface area contributed by atoms with E-state index in [1.807, 2.05) is 0 Å². The maximum absolute atomic E-state index is 4.27. The van der Waals surface area contributed by atoms with Gasteiger partial charge in [-0.15, -0.1) is 21.5 Å². The molecule has 6 heteroatoms. The topological polar surface area (TPSA) is 37.8 Å². The van der Waals surface area contributed by atoms with Crippen molar-refractivity contribution in [2.24, 2.45) is 0 Å². The summed E-state index contributed by atoms with van der Waals surface area (Å²) in [7, 11) is 0. The van der Waals surface area contributed by atoms with Crippen LogP contribution in [0.1, 0.15) is 24.3 Å². The molecule has 0 bridgehead atoms. The molecular formula is C12H14BrN3S2. The highest BCUT2D eigenvalue weighted by molar-refractivity contribution is 9.10. The van der Waals surface area contributed by atoms with Gasteiger partial charge in [0.25, 0.3) is 0 Å². The molecule has 0 aliphatic heterocycles. The van der Waals surface area contributed by atoms with Gasteiger partial charge in [-0.3, -0.25) is 0 Å². The fourth-order valence-electron chi connectivity index (χ4n) is 1.73. The lowest BCUT2D eigenvalue weighted by Gasteiger charge is -1.99. The molecule has 96 valence electrons. The Morgan fingerprint density at radius 1 is 1.39 bits per heavy atom. The molecule has 1 aliphatic rings. The van der Waals surface area contributed by atoms with Gasteiger partial charge in [0.15, 0.2) is 5.01 Å². The lowest BCUT2D eigenvalue weighted by molar-refractivity contribution is 0.643. The minimum absolute atomic E-state index is 0.803. The van der Waals surface area contributed by atoms with Crippen molar-refractivity contribution in [1.82, 2.24) is 15.5 Å². The Hall–Kier alpha value is -0.300. The van der Waals surface area contributed by atoms with Gasteiger partial charge in [-0.2, -0.15) is 0 Å². The Morgan fingerprint density at radius 2 is 2.28 bits per heavy atom. The normalized spacial score (nSPS) is 15.2. The van der Waals surface area contributed by atoms with Crippen molar-refractivity contribution >= 4 is 38.6 Å². The number of nitrogens with zero attached hydrogens (tertiary/aromatic N) is 2. The second kappa shape index (κ2) is 5.77. The molecule has 1 aliphatic carbocycles. The highest BCUT2D eigenvalue weighted by Crippen LogP contribution is 2.35. The summed E-state index contributed by atoms with van der Waals surface area (Å²) in [5.74, 6) is 0. The fraction of sp³-hybridized carbons (Fsp3) is 0.500. The van der Waals surface area contributed by atoms with Crippen LogP contribution in [-0.2, 0) is 6.42 Å². The number of rotatable bonds is 6. The number of hydrogen-bond acceptors (Lipinski definition) is 5. The maximum Gasteiger partial charge on any atom is 0.158 e. The highest BCUT2D eigenvalue weighted by Gasteiger charge is 2.19. The van der Waals surface area contributed by atoms with Crippen LogP contribution in [0.5, 0.6) is 0 Å². The van der Waals surface area contributed by atoms with Crippen molar-refractivity contribution in [3.8, 4) is 9.88 Å². The highest BCUT2D eigenvalue weighted by atomic mass is 79.9. The summed E-state index contributed by atoms with van der Waals surface area (Å²) in [5.41, 5.74) is 0. The van der Waals surface area contributed by atoms with Gasteiger partial charge in [-0.25, -0.2) is 0 Å². The van der Waals surface area contributed by atoms with Crippen LogP contribution in [0.25, 0.3) is 9.88 Å². The molecule has 2 aromatic rings. The standard InChI is InChI=1S/C12H14BrN3S2/c13-9-5-7-17-11(9)12-16-15-10(18-12)2-1-6-14-8-3-4-8/h5,7-8,14H,1-4,6H2. The van der Waals surface area contributed by atoms with Crippen LogP contribution in [0, 0.1) is 0 Å². The minimum atomic E-state index is 0.803. The van der Waals surface area contributed by atoms with Gasteiger partial charge in [0.2, 0.25) is 0 Å². The van der Waals surface area contributed by atoms with Gasteiger partial charge in [-0.1, -0.05) is 11.3 Å². The zero-order valence-electron chi connectivity index (χ0n) is 9.86. The number of hydrogen-bond donors (Lipinski definition) is 1. The zero-order chi connectivity index (χ0) is 12.4. The molecular weight excluding hydrogens is 330 g/mol. The molecule has 18 heavy (non-hydrogen) atoms. The third-order valence-corrected chi connectivity index (χ3v) is 5.83. The van der Waals surface area contributed by atoms with E-state index < -0.39 is 0 Å². The molecule has 1 saturated carbocycles. The van der Waals surface area contributed by atoms with Crippen molar-refractivity contribution in [3.63, 3.8) is 0 Å². The SMILES string of the molecule is Brc1ccsc1-c1nnc(CCCNC2CC2)s1. The zero-order valence-corrected chi connectivity index (χ0v) is 13.1. The average molecular weight is 344 g/mol. The lowest BCUT2D eigenvalue weighted by Crippen LogP contribution is -2.17. The Kier molecular flexibility index (Phi) is 4.08. The van der Waals surface area contributed by atoms with Crippen LogP contribution < -0.4 is 5.32 Å². The summed E-state index contributed by atoms with van der Waals surface area (Å²) in [6, 6.07) is 2.86. The number of nitrogens with one attached hydrogen (secondary N) is 1. The van der Waals surface area contributed by atoms with Crippen molar-refractivity contribution in [2.75, 3.05) is 6.54 Å². The summed E-state index contributed by atoms with van der Waals surface area (Å²) in [5, 5.41) is 16.3. The van der Waals surface area contributed by atoms with Gasteiger partial charge in [0.1, 0.15) is 5.01 Å². The first-order valence-electron chi connectivity index (χ1n) is 6.12. The summed E-state index contributed by atoms with van der Waals surface area (Å²) in [6.45, 7) is 1.10. The molecule has 0 spiro atoms. The van der Waals surface area contributed by atoms with Crippen LogP contribution in [-0.4, -0.2) is 22.8 Å². The Labute approximate surface area is 123 Å². The van der Waals surface area contributed by atoms with E-state index >= 15 is 0 Å². The molecule has 0 saturated heterocycles. The van der Waals surface area contributed by atoms with Crippen LogP contribution in [0.4, 0.5) is 0 Å². The second-order valence-electron chi connectivity index (χ2n) is 4.43. The summed E-state index contributed by atoms with van der Waals surface area (Å²) in [6.07, 6.45) is 4.89. The molecule has 3 rings (SSSR count). The number of halogens is 1. The van der Waals surface area contributed by atoms with Crippen molar-refractivity contribution in [2.45, 2.75) is 31.7 Å². The summed E-state index contributed by atoms with van der Waals surface area (Å²) < 4.78 is 1.12. The van der Waals surface area contributed by atoms with Crippen LogP contribution >= 0.6 is 38.6 Å². The quantitative estimate of drug-likeness (QED) is 0.812. The first-order valence-corrected chi connectivity index (χ1v) is 8.61. The van der Waals surface area contributed by atoms with E-state index in [0.717, 1.165) is 39.9 Å². The minimum Gasteiger partial charge on any atom is -0.314 e. The van der Waals surface area contributed by atoms with Gasteiger partial charge in [0.05, 0.1) is 4.88 Å². The fourth-order valence-corrected chi connectivity index (χ4v) is 4.40. The van der Waals surface area contributed by atoms with E-state index in [1.165, 1.54) is 17.7 Å². The first-order chi connectivity index (χ1) is 8.83. The Morgan fingerprint density at radius 3 is 3.00 bits per heavy atom. The number of thiophene rings is 1. The van der Waals surface area contributed by atoms with Crippen molar-refractivity contribution in [3.05, 3.63) is 20.9 Å². The molecule has 0 amide bonds. The first kappa shape index (κ1) is 12.7. The Bertz CT molecular complexity index is 519. The Balaban J connectivity index is 1.54.